The van der Waals surface area contributed by atoms with Crippen LogP contribution in [-0.2, 0) is 9.53 Å². The quantitative estimate of drug-likeness (QED) is 0.473. The topological polar surface area (TPSA) is 29.5 Å². The fourth-order valence-corrected chi connectivity index (χ4v) is 1.80. The SMILES string of the molecule is CCCCCC(C)N(C)C(C)CC(=O)OC. The smallest absolute Gasteiger partial charge is 0.307 e. The van der Waals surface area contributed by atoms with E-state index in [2.05, 4.69) is 37.5 Å². The third-order valence-corrected chi connectivity index (χ3v) is 3.31. The third kappa shape index (κ3) is 6.11. The van der Waals surface area contributed by atoms with Crippen LogP contribution < -0.4 is 0 Å². The Hall–Kier alpha value is -0.570. The third-order valence-electron chi connectivity index (χ3n) is 3.31. The van der Waals surface area contributed by atoms with E-state index >= 15 is 0 Å². The Morgan fingerprint density at radius 1 is 1.25 bits per heavy atom. The number of esters is 1. The first-order valence-corrected chi connectivity index (χ1v) is 6.31. The molecule has 3 heteroatoms. The molecule has 0 rings (SSSR count). The normalized spacial score (nSPS) is 14.9. The van der Waals surface area contributed by atoms with Crippen molar-refractivity contribution in [2.75, 3.05) is 14.2 Å². The standard InChI is InChI=1S/C13H27NO2/c1-6-7-8-9-11(2)14(4)12(3)10-13(15)16-5/h11-12H,6-10H2,1-5H3. The van der Waals surface area contributed by atoms with Gasteiger partial charge in [0.05, 0.1) is 13.5 Å². The largest absolute Gasteiger partial charge is 0.469 e. The number of methoxy groups -OCH3 is 1. The van der Waals surface area contributed by atoms with Crippen LogP contribution in [0.25, 0.3) is 0 Å². The highest BCUT2D eigenvalue weighted by atomic mass is 16.5. The number of hydrogen-bond donors (Lipinski definition) is 0. The van der Waals surface area contributed by atoms with Gasteiger partial charge in [0.1, 0.15) is 0 Å². The van der Waals surface area contributed by atoms with Gasteiger partial charge < -0.3 is 9.64 Å². The number of rotatable bonds is 8. The van der Waals surface area contributed by atoms with Crippen LogP contribution >= 0.6 is 0 Å². The zero-order chi connectivity index (χ0) is 12.6. The summed E-state index contributed by atoms with van der Waals surface area (Å²) in [7, 11) is 3.53. The number of ether oxygens (including phenoxy) is 1. The first-order chi connectivity index (χ1) is 7.52. The molecule has 0 aromatic rings. The highest BCUT2D eigenvalue weighted by molar-refractivity contribution is 5.69. The molecule has 0 radical (unpaired) electrons. The highest BCUT2D eigenvalue weighted by Crippen LogP contribution is 2.13. The van der Waals surface area contributed by atoms with E-state index in [1.54, 1.807) is 0 Å². The Bertz CT molecular complexity index is 194. The molecule has 0 saturated heterocycles. The summed E-state index contributed by atoms with van der Waals surface area (Å²) in [4.78, 5) is 13.4. The van der Waals surface area contributed by atoms with E-state index < -0.39 is 0 Å². The number of carbonyl (C=O) groups excluding carboxylic acids is 1. The number of unbranched alkanes of at least 4 members (excludes halogenated alkanes) is 2. The van der Waals surface area contributed by atoms with Gasteiger partial charge in [-0.3, -0.25) is 4.79 Å². The fourth-order valence-electron chi connectivity index (χ4n) is 1.80. The molecule has 2 atom stereocenters. The average molecular weight is 229 g/mol. The van der Waals surface area contributed by atoms with Crippen molar-refractivity contribution >= 4 is 5.97 Å². The van der Waals surface area contributed by atoms with Crippen molar-refractivity contribution in [3.05, 3.63) is 0 Å². The Labute approximate surface area is 100 Å². The monoisotopic (exact) mass is 229 g/mol. The summed E-state index contributed by atoms with van der Waals surface area (Å²) in [6.07, 6.45) is 5.51. The van der Waals surface area contributed by atoms with E-state index in [0.717, 1.165) is 0 Å². The maximum Gasteiger partial charge on any atom is 0.307 e. The molecule has 0 aliphatic carbocycles. The van der Waals surface area contributed by atoms with Gasteiger partial charge in [0.2, 0.25) is 0 Å². The van der Waals surface area contributed by atoms with Gasteiger partial charge in [-0.05, 0) is 27.3 Å². The van der Waals surface area contributed by atoms with Gasteiger partial charge in [0.25, 0.3) is 0 Å². The van der Waals surface area contributed by atoms with Crippen molar-refractivity contribution in [2.45, 2.75) is 65.0 Å². The van der Waals surface area contributed by atoms with Crippen LogP contribution in [0.4, 0.5) is 0 Å². The summed E-state index contributed by atoms with van der Waals surface area (Å²) in [6.45, 7) is 6.52. The minimum Gasteiger partial charge on any atom is -0.469 e. The van der Waals surface area contributed by atoms with E-state index in [1.165, 1.54) is 32.8 Å². The second-order valence-electron chi connectivity index (χ2n) is 4.64. The summed E-state index contributed by atoms with van der Waals surface area (Å²) >= 11 is 0. The van der Waals surface area contributed by atoms with Crippen molar-refractivity contribution in [2.24, 2.45) is 0 Å². The fraction of sp³-hybridized carbons (Fsp3) is 0.923. The minimum absolute atomic E-state index is 0.125. The first kappa shape index (κ1) is 15.4. The number of hydrogen-bond acceptors (Lipinski definition) is 3. The summed E-state index contributed by atoms with van der Waals surface area (Å²) in [5.41, 5.74) is 0. The molecule has 16 heavy (non-hydrogen) atoms. The minimum atomic E-state index is -0.125. The molecule has 0 aromatic heterocycles. The molecule has 2 unspecified atom stereocenters. The number of carbonyl (C=O) groups is 1. The Kier molecular flexibility index (Phi) is 8.26. The van der Waals surface area contributed by atoms with Crippen LogP contribution in [0.15, 0.2) is 0 Å². The van der Waals surface area contributed by atoms with E-state index in [4.69, 9.17) is 0 Å². The zero-order valence-electron chi connectivity index (χ0n) is 11.5. The van der Waals surface area contributed by atoms with Gasteiger partial charge in [-0.2, -0.15) is 0 Å². The Morgan fingerprint density at radius 2 is 1.88 bits per heavy atom. The molecule has 0 aliphatic heterocycles. The predicted octanol–water partition coefficient (Wildman–Crippen LogP) is 2.84. The lowest BCUT2D eigenvalue weighted by molar-refractivity contribution is -0.141. The Morgan fingerprint density at radius 3 is 2.38 bits per heavy atom. The van der Waals surface area contributed by atoms with E-state index in [9.17, 15) is 4.79 Å². The molecule has 0 aromatic carbocycles. The van der Waals surface area contributed by atoms with Gasteiger partial charge in [-0.1, -0.05) is 26.2 Å². The van der Waals surface area contributed by atoms with Crippen molar-refractivity contribution < 1.29 is 9.53 Å². The summed E-state index contributed by atoms with van der Waals surface area (Å²) in [5.74, 6) is -0.125. The summed E-state index contributed by atoms with van der Waals surface area (Å²) < 4.78 is 4.68. The van der Waals surface area contributed by atoms with Crippen LogP contribution in [0, 0.1) is 0 Å². The maximum atomic E-state index is 11.2. The molecule has 0 saturated carbocycles. The lowest BCUT2D eigenvalue weighted by Crippen LogP contribution is -2.38. The van der Waals surface area contributed by atoms with Gasteiger partial charge in [0.15, 0.2) is 0 Å². The molecular weight excluding hydrogens is 202 g/mol. The van der Waals surface area contributed by atoms with Gasteiger partial charge in [-0.25, -0.2) is 0 Å². The molecule has 0 fully saturated rings. The predicted molar refractivity (Wildman–Crippen MR) is 67.5 cm³/mol. The van der Waals surface area contributed by atoms with Crippen molar-refractivity contribution in [1.29, 1.82) is 0 Å². The van der Waals surface area contributed by atoms with Gasteiger partial charge >= 0.3 is 5.97 Å². The van der Waals surface area contributed by atoms with E-state index in [1.807, 2.05) is 0 Å². The van der Waals surface area contributed by atoms with Crippen LogP contribution in [0.3, 0.4) is 0 Å². The van der Waals surface area contributed by atoms with Crippen LogP contribution in [0.1, 0.15) is 52.9 Å². The molecule has 0 amide bonds. The molecule has 0 aliphatic rings. The van der Waals surface area contributed by atoms with Gasteiger partial charge in [-0.15, -0.1) is 0 Å². The molecule has 0 bridgehead atoms. The average Bonchev–Trinajstić information content (AvgIpc) is 2.27. The van der Waals surface area contributed by atoms with Crippen molar-refractivity contribution in [1.82, 2.24) is 4.90 Å². The molecule has 0 spiro atoms. The molecule has 0 N–H and O–H groups in total. The van der Waals surface area contributed by atoms with Crippen LogP contribution in [0.5, 0.6) is 0 Å². The summed E-state index contributed by atoms with van der Waals surface area (Å²) in [5, 5.41) is 0. The van der Waals surface area contributed by atoms with Crippen molar-refractivity contribution in [3.63, 3.8) is 0 Å². The lowest BCUT2D eigenvalue weighted by atomic mass is 10.1. The maximum absolute atomic E-state index is 11.2. The van der Waals surface area contributed by atoms with Crippen molar-refractivity contribution in [3.8, 4) is 0 Å². The zero-order valence-corrected chi connectivity index (χ0v) is 11.5. The molecular formula is C13H27NO2. The second kappa shape index (κ2) is 8.57. The van der Waals surface area contributed by atoms with Crippen LogP contribution in [0.2, 0.25) is 0 Å². The molecule has 0 heterocycles. The lowest BCUT2D eigenvalue weighted by Gasteiger charge is -2.30. The molecule has 3 nitrogen and oxygen atoms in total. The highest BCUT2D eigenvalue weighted by Gasteiger charge is 2.18. The molecule has 96 valence electrons. The first-order valence-electron chi connectivity index (χ1n) is 6.31. The van der Waals surface area contributed by atoms with E-state index in [0.29, 0.717) is 12.5 Å². The number of nitrogens with zero attached hydrogens (tertiary/aromatic N) is 1. The summed E-state index contributed by atoms with van der Waals surface area (Å²) in [6, 6.07) is 0.787. The second-order valence-corrected chi connectivity index (χ2v) is 4.64. The van der Waals surface area contributed by atoms with Crippen LogP contribution in [-0.4, -0.2) is 37.1 Å². The van der Waals surface area contributed by atoms with Gasteiger partial charge in [0, 0.05) is 12.1 Å². The Balaban J connectivity index is 3.90. The van der Waals surface area contributed by atoms with E-state index in [-0.39, 0.29) is 12.0 Å².